The number of methoxy groups -OCH3 is 1. The van der Waals surface area contributed by atoms with Crippen molar-refractivity contribution < 1.29 is 9.53 Å². The van der Waals surface area contributed by atoms with Crippen molar-refractivity contribution in [2.75, 3.05) is 12.4 Å². The lowest BCUT2D eigenvalue weighted by atomic mass is 10.2. The summed E-state index contributed by atoms with van der Waals surface area (Å²) in [5, 5.41) is 4.05. The molecule has 0 radical (unpaired) electrons. The van der Waals surface area contributed by atoms with Crippen LogP contribution in [-0.4, -0.2) is 17.6 Å². The SMILES string of the molecule is COc1ccccc1NC(=O)Cn1c(C)cc2ccccc21. The van der Waals surface area contributed by atoms with Crippen molar-refractivity contribution in [1.29, 1.82) is 0 Å². The number of anilines is 1. The van der Waals surface area contributed by atoms with Crippen molar-refractivity contribution in [3.8, 4) is 5.75 Å². The Kier molecular flexibility index (Phi) is 3.83. The van der Waals surface area contributed by atoms with Crippen molar-refractivity contribution in [1.82, 2.24) is 4.57 Å². The Morgan fingerprint density at radius 2 is 1.86 bits per heavy atom. The van der Waals surface area contributed by atoms with Crippen molar-refractivity contribution in [2.45, 2.75) is 13.5 Å². The predicted octanol–water partition coefficient (Wildman–Crippen LogP) is 3.60. The number of amides is 1. The molecule has 0 aliphatic rings. The van der Waals surface area contributed by atoms with E-state index < -0.39 is 0 Å². The molecule has 0 unspecified atom stereocenters. The van der Waals surface area contributed by atoms with Gasteiger partial charge in [0.15, 0.2) is 0 Å². The van der Waals surface area contributed by atoms with E-state index in [-0.39, 0.29) is 12.5 Å². The molecule has 0 saturated heterocycles. The fraction of sp³-hybridized carbons (Fsp3) is 0.167. The molecule has 0 atom stereocenters. The van der Waals surface area contributed by atoms with Gasteiger partial charge in [0, 0.05) is 11.2 Å². The van der Waals surface area contributed by atoms with E-state index in [1.165, 1.54) is 0 Å². The van der Waals surface area contributed by atoms with Crippen molar-refractivity contribution in [3.05, 3.63) is 60.3 Å². The first-order valence-corrected chi connectivity index (χ1v) is 7.17. The molecule has 1 amide bonds. The number of carbonyl (C=O) groups is 1. The van der Waals surface area contributed by atoms with E-state index in [0.29, 0.717) is 11.4 Å². The van der Waals surface area contributed by atoms with Crippen LogP contribution in [0.15, 0.2) is 54.6 Å². The van der Waals surface area contributed by atoms with Crippen LogP contribution in [0.5, 0.6) is 5.75 Å². The second kappa shape index (κ2) is 5.93. The summed E-state index contributed by atoms with van der Waals surface area (Å²) in [5.74, 6) is 0.582. The molecule has 112 valence electrons. The first kappa shape index (κ1) is 14.2. The summed E-state index contributed by atoms with van der Waals surface area (Å²) < 4.78 is 7.27. The van der Waals surface area contributed by atoms with Crippen molar-refractivity contribution in [3.63, 3.8) is 0 Å². The molecular weight excluding hydrogens is 276 g/mol. The number of fused-ring (bicyclic) bond motifs is 1. The first-order valence-electron chi connectivity index (χ1n) is 7.17. The molecule has 0 fully saturated rings. The van der Waals surface area contributed by atoms with Crippen LogP contribution in [0.2, 0.25) is 0 Å². The van der Waals surface area contributed by atoms with Gasteiger partial charge in [-0.3, -0.25) is 4.79 Å². The van der Waals surface area contributed by atoms with E-state index >= 15 is 0 Å². The molecule has 2 aromatic carbocycles. The Labute approximate surface area is 129 Å². The first-order chi connectivity index (χ1) is 10.7. The lowest BCUT2D eigenvalue weighted by molar-refractivity contribution is -0.116. The van der Waals surface area contributed by atoms with E-state index in [0.717, 1.165) is 16.6 Å². The zero-order valence-electron chi connectivity index (χ0n) is 12.7. The number of aromatic nitrogens is 1. The van der Waals surface area contributed by atoms with Crippen LogP contribution in [0.4, 0.5) is 5.69 Å². The highest BCUT2D eigenvalue weighted by Crippen LogP contribution is 2.24. The van der Waals surface area contributed by atoms with Gasteiger partial charge in [-0.25, -0.2) is 0 Å². The Balaban J connectivity index is 1.83. The molecule has 0 bridgehead atoms. The van der Waals surface area contributed by atoms with Gasteiger partial charge in [0.1, 0.15) is 12.3 Å². The van der Waals surface area contributed by atoms with Crippen molar-refractivity contribution >= 4 is 22.5 Å². The Morgan fingerprint density at radius 1 is 1.14 bits per heavy atom. The minimum atomic E-state index is -0.0750. The zero-order valence-corrected chi connectivity index (χ0v) is 12.7. The third-order valence-electron chi connectivity index (χ3n) is 3.70. The van der Waals surface area contributed by atoms with Gasteiger partial charge in [-0.05, 0) is 36.6 Å². The number of nitrogens with zero attached hydrogens (tertiary/aromatic N) is 1. The molecule has 1 aromatic heterocycles. The predicted molar refractivity (Wildman–Crippen MR) is 88.3 cm³/mol. The number of rotatable bonds is 4. The summed E-state index contributed by atoms with van der Waals surface area (Å²) in [7, 11) is 1.59. The zero-order chi connectivity index (χ0) is 15.5. The Morgan fingerprint density at radius 3 is 2.68 bits per heavy atom. The van der Waals surface area contributed by atoms with E-state index in [1.807, 2.05) is 54.0 Å². The Bertz CT molecular complexity index is 821. The van der Waals surface area contributed by atoms with E-state index in [4.69, 9.17) is 4.74 Å². The summed E-state index contributed by atoms with van der Waals surface area (Å²) >= 11 is 0. The van der Waals surface area contributed by atoms with Crippen LogP contribution in [0, 0.1) is 6.92 Å². The topological polar surface area (TPSA) is 43.3 Å². The number of para-hydroxylation sites is 3. The number of carbonyl (C=O) groups excluding carboxylic acids is 1. The van der Waals surface area contributed by atoms with Crippen LogP contribution in [0.25, 0.3) is 10.9 Å². The van der Waals surface area contributed by atoms with Crippen LogP contribution in [0.3, 0.4) is 0 Å². The van der Waals surface area contributed by atoms with Crippen LogP contribution < -0.4 is 10.1 Å². The molecule has 0 saturated carbocycles. The van der Waals surface area contributed by atoms with Gasteiger partial charge in [-0.2, -0.15) is 0 Å². The van der Waals surface area contributed by atoms with Gasteiger partial charge in [0.25, 0.3) is 0 Å². The third kappa shape index (κ3) is 2.68. The van der Waals surface area contributed by atoms with Crippen LogP contribution in [-0.2, 0) is 11.3 Å². The number of hydrogen-bond acceptors (Lipinski definition) is 2. The van der Waals surface area contributed by atoms with E-state index in [1.54, 1.807) is 7.11 Å². The number of aryl methyl sites for hydroxylation is 1. The second-order valence-electron chi connectivity index (χ2n) is 5.18. The minimum Gasteiger partial charge on any atom is -0.495 e. The lowest BCUT2D eigenvalue weighted by Crippen LogP contribution is -2.19. The average molecular weight is 294 g/mol. The summed E-state index contributed by atoms with van der Waals surface area (Å²) in [6, 6.07) is 17.6. The van der Waals surface area contributed by atoms with E-state index in [2.05, 4.69) is 17.4 Å². The molecule has 4 heteroatoms. The van der Waals surface area contributed by atoms with Crippen LogP contribution in [0.1, 0.15) is 5.69 Å². The van der Waals surface area contributed by atoms with Gasteiger partial charge in [-0.15, -0.1) is 0 Å². The largest absolute Gasteiger partial charge is 0.495 e. The van der Waals surface area contributed by atoms with Gasteiger partial charge in [0.2, 0.25) is 5.91 Å². The molecule has 0 aliphatic heterocycles. The smallest absolute Gasteiger partial charge is 0.244 e. The molecule has 4 nitrogen and oxygen atoms in total. The highest BCUT2D eigenvalue weighted by Gasteiger charge is 2.11. The van der Waals surface area contributed by atoms with Gasteiger partial charge < -0.3 is 14.6 Å². The normalized spacial score (nSPS) is 10.6. The molecule has 3 rings (SSSR count). The highest BCUT2D eigenvalue weighted by molar-refractivity contribution is 5.93. The fourth-order valence-corrected chi connectivity index (χ4v) is 2.64. The highest BCUT2D eigenvalue weighted by atomic mass is 16.5. The summed E-state index contributed by atoms with van der Waals surface area (Å²) in [6.45, 7) is 2.29. The third-order valence-corrected chi connectivity index (χ3v) is 3.70. The molecule has 0 spiro atoms. The van der Waals surface area contributed by atoms with Gasteiger partial charge >= 0.3 is 0 Å². The van der Waals surface area contributed by atoms with Gasteiger partial charge in [0.05, 0.1) is 12.8 Å². The monoisotopic (exact) mass is 294 g/mol. The molecule has 0 aliphatic carbocycles. The summed E-state index contributed by atoms with van der Waals surface area (Å²) in [6.07, 6.45) is 0. The maximum absolute atomic E-state index is 12.4. The lowest BCUT2D eigenvalue weighted by Gasteiger charge is -2.12. The number of ether oxygens (including phenoxy) is 1. The fourth-order valence-electron chi connectivity index (χ4n) is 2.64. The minimum absolute atomic E-state index is 0.0750. The second-order valence-corrected chi connectivity index (χ2v) is 5.18. The summed E-state index contributed by atoms with van der Waals surface area (Å²) in [5.41, 5.74) is 2.82. The molecular formula is C18H18N2O2. The average Bonchev–Trinajstić information content (AvgIpc) is 2.84. The standard InChI is InChI=1S/C18H18N2O2/c1-13-11-14-7-3-5-9-16(14)20(13)12-18(21)19-15-8-4-6-10-17(15)22-2/h3-11H,12H2,1-2H3,(H,19,21). The number of nitrogens with one attached hydrogen (secondary N) is 1. The summed E-state index contributed by atoms with van der Waals surface area (Å²) in [4.78, 5) is 12.4. The van der Waals surface area contributed by atoms with Crippen LogP contribution >= 0.6 is 0 Å². The number of benzene rings is 2. The molecule has 1 heterocycles. The number of hydrogen-bond donors (Lipinski definition) is 1. The molecule has 1 N–H and O–H groups in total. The molecule has 3 aromatic rings. The quantitative estimate of drug-likeness (QED) is 0.799. The maximum Gasteiger partial charge on any atom is 0.244 e. The maximum atomic E-state index is 12.4. The Hall–Kier alpha value is -2.75. The molecule has 22 heavy (non-hydrogen) atoms. The van der Waals surface area contributed by atoms with Gasteiger partial charge in [-0.1, -0.05) is 30.3 Å². The van der Waals surface area contributed by atoms with Crippen molar-refractivity contribution in [2.24, 2.45) is 0 Å². The van der Waals surface area contributed by atoms with E-state index in [9.17, 15) is 4.79 Å².